The summed E-state index contributed by atoms with van der Waals surface area (Å²) in [6.07, 6.45) is 2.25. The van der Waals surface area contributed by atoms with Gasteiger partial charge in [-0.3, -0.25) is 0 Å². The van der Waals surface area contributed by atoms with Crippen LogP contribution in [0.15, 0.2) is 45.9 Å². The molecule has 0 radical (unpaired) electrons. The SMILES string of the molecule is COc1ccc(F)cc1S(=O)(=O)N1CCSC(c2ccco2)CC1. The van der Waals surface area contributed by atoms with Crippen LogP contribution in [0.25, 0.3) is 0 Å². The number of methoxy groups -OCH3 is 1. The maximum absolute atomic E-state index is 13.6. The van der Waals surface area contributed by atoms with Crippen molar-refractivity contribution in [3.63, 3.8) is 0 Å². The third-order valence-electron chi connectivity index (χ3n) is 3.90. The number of hydrogen-bond donors (Lipinski definition) is 0. The molecule has 1 aromatic heterocycles. The van der Waals surface area contributed by atoms with E-state index < -0.39 is 15.8 Å². The molecule has 2 aromatic rings. The van der Waals surface area contributed by atoms with Crippen molar-refractivity contribution in [3.8, 4) is 5.75 Å². The number of halogens is 1. The summed E-state index contributed by atoms with van der Waals surface area (Å²) in [5, 5.41) is 0.120. The normalized spacial score (nSPS) is 19.8. The van der Waals surface area contributed by atoms with Crippen molar-refractivity contribution in [2.45, 2.75) is 16.6 Å². The molecule has 0 bridgehead atoms. The minimum atomic E-state index is -3.82. The fourth-order valence-electron chi connectivity index (χ4n) is 2.68. The number of nitrogens with zero attached hydrogens (tertiary/aromatic N) is 1. The number of furan rings is 1. The number of ether oxygens (including phenoxy) is 1. The summed E-state index contributed by atoms with van der Waals surface area (Å²) in [7, 11) is -2.45. The lowest BCUT2D eigenvalue weighted by Gasteiger charge is -2.21. The van der Waals surface area contributed by atoms with Gasteiger partial charge in [-0.25, -0.2) is 12.8 Å². The number of sulfonamides is 1. The van der Waals surface area contributed by atoms with Gasteiger partial charge in [-0.2, -0.15) is 4.31 Å². The molecule has 1 unspecified atom stereocenters. The average molecular weight is 371 g/mol. The molecular formula is C16H18FNO4S2. The van der Waals surface area contributed by atoms with Gasteiger partial charge in [-0.05, 0) is 36.8 Å². The minimum Gasteiger partial charge on any atom is -0.495 e. The van der Waals surface area contributed by atoms with Crippen LogP contribution in [-0.2, 0) is 10.0 Å². The lowest BCUT2D eigenvalue weighted by Crippen LogP contribution is -2.33. The van der Waals surface area contributed by atoms with Gasteiger partial charge in [-0.15, -0.1) is 11.8 Å². The first kappa shape index (κ1) is 17.3. The molecule has 2 heterocycles. The zero-order chi connectivity index (χ0) is 17.2. The topological polar surface area (TPSA) is 59.8 Å². The van der Waals surface area contributed by atoms with Gasteiger partial charge >= 0.3 is 0 Å². The van der Waals surface area contributed by atoms with Gasteiger partial charge in [0.25, 0.3) is 0 Å². The maximum atomic E-state index is 13.6. The van der Waals surface area contributed by atoms with Crippen LogP contribution in [0.1, 0.15) is 17.4 Å². The third kappa shape index (κ3) is 3.45. The molecule has 3 rings (SSSR count). The van der Waals surface area contributed by atoms with E-state index in [-0.39, 0.29) is 15.9 Å². The number of hydrogen-bond acceptors (Lipinski definition) is 5. The second kappa shape index (κ2) is 7.16. The Hall–Kier alpha value is -1.51. The summed E-state index contributed by atoms with van der Waals surface area (Å²) in [6, 6.07) is 7.25. The monoisotopic (exact) mass is 371 g/mol. The Morgan fingerprint density at radius 2 is 2.17 bits per heavy atom. The van der Waals surface area contributed by atoms with E-state index in [2.05, 4.69) is 0 Å². The highest BCUT2D eigenvalue weighted by atomic mass is 32.2. The molecule has 1 saturated heterocycles. The Bertz CT molecular complexity index is 792. The third-order valence-corrected chi connectivity index (χ3v) is 7.11. The molecule has 130 valence electrons. The zero-order valence-corrected chi connectivity index (χ0v) is 14.8. The predicted octanol–water partition coefficient (Wildman–Crippen LogP) is 3.30. The summed E-state index contributed by atoms with van der Waals surface area (Å²) < 4.78 is 51.3. The van der Waals surface area contributed by atoms with Crippen LogP contribution in [0.2, 0.25) is 0 Å². The van der Waals surface area contributed by atoms with E-state index in [1.807, 2.05) is 12.1 Å². The number of rotatable bonds is 4. The van der Waals surface area contributed by atoms with Crippen molar-refractivity contribution in [3.05, 3.63) is 48.2 Å². The molecule has 0 amide bonds. The van der Waals surface area contributed by atoms with Crippen LogP contribution in [0.3, 0.4) is 0 Å². The molecule has 0 spiro atoms. The molecular weight excluding hydrogens is 353 g/mol. The first-order valence-electron chi connectivity index (χ1n) is 7.51. The van der Waals surface area contributed by atoms with Gasteiger partial charge < -0.3 is 9.15 Å². The van der Waals surface area contributed by atoms with E-state index in [1.165, 1.54) is 23.5 Å². The van der Waals surface area contributed by atoms with E-state index >= 15 is 0 Å². The van der Waals surface area contributed by atoms with Gasteiger partial charge in [0.2, 0.25) is 10.0 Å². The van der Waals surface area contributed by atoms with Gasteiger partial charge in [0.15, 0.2) is 0 Å². The van der Waals surface area contributed by atoms with Crippen LogP contribution in [0.5, 0.6) is 5.75 Å². The lowest BCUT2D eigenvalue weighted by molar-refractivity contribution is 0.389. The smallest absolute Gasteiger partial charge is 0.246 e. The van der Waals surface area contributed by atoms with E-state index in [4.69, 9.17) is 9.15 Å². The Kier molecular flexibility index (Phi) is 5.17. The molecule has 1 aromatic carbocycles. The zero-order valence-electron chi connectivity index (χ0n) is 13.1. The lowest BCUT2D eigenvalue weighted by atomic mass is 10.2. The second-order valence-electron chi connectivity index (χ2n) is 5.36. The Labute approximate surface area is 144 Å². The summed E-state index contributed by atoms with van der Waals surface area (Å²) in [6.45, 7) is 0.713. The van der Waals surface area contributed by atoms with E-state index in [0.29, 0.717) is 25.3 Å². The van der Waals surface area contributed by atoms with Crippen molar-refractivity contribution < 1.29 is 22.0 Å². The highest BCUT2D eigenvalue weighted by molar-refractivity contribution is 7.99. The van der Waals surface area contributed by atoms with Crippen molar-refractivity contribution in [2.75, 3.05) is 26.0 Å². The van der Waals surface area contributed by atoms with Crippen LogP contribution in [0, 0.1) is 5.82 Å². The first-order chi connectivity index (χ1) is 11.5. The maximum Gasteiger partial charge on any atom is 0.246 e. The van der Waals surface area contributed by atoms with E-state index in [1.54, 1.807) is 18.0 Å². The van der Waals surface area contributed by atoms with Crippen molar-refractivity contribution >= 4 is 21.8 Å². The van der Waals surface area contributed by atoms with Crippen LogP contribution in [0.4, 0.5) is 4.39 Å². The Morgan fingerprint density at radius 1 is 1.33 bits per heavy atom. The van der Waals surface area contributed by atoms with Crippen LogP contribution < -0.4 is 4.74 Å². The molecule has 0 N–H and O–H groups in total. The average Bonchev–Trinajstić information content (AvgIpc) is 2.98. The largest absolute Gasteiger partial charge is 0.495 e. The highest BCUT2D eigenvalue weighted by Crippen LogP contribution is 2.36. The summed E-state index contributed by atoms with van der Waals surface area (Å²) >= 11 is 1.66. The molecule has 1 aliphatic rings. The Morgan fingerprint density at radius 3 is 2.88 bits per heavy atom. The molecule has 0 saturated carbocycles. The number of benzene rings is 1. The molecule has 1 atom stereocenters. The molecule has 1 fully saturated rings. The predicted molar refractivity (Wildman–Crippen MR) is 90.2 cm³/mol. The fraction of sp³-hybridized carbons (Fsp3) is 0.375. The summed E-state index contributed by atoms with van der Waals surface area (Å²) in [4.78, 5) is -0.133. The van der Waals surface area contributed by atoms with Gasteiger partial charge in [0, 0.05) is 18.8 Å². The molecule has 1 aliphatic heterocycles. The molecule has 5 nitrogen and oxygen atoms in total. The van der Waals surface area contributed by atoms with Crippen molar-refractivity contribution in [1.82, 2.24) is 4.31 Å². The minimum absolute atomic E-state index is 0.120. The van der Waals surface area contributed by atoms with Gasteiger partial charge in [0.1, 0.15) is 22.2 Å². The quantitative estimate of drug-likeness (QED) is 0.825. The van der Waals surface area contributed by atoms with E-state index in [9.17, 15) is 12.8 Å². The molecule has 8 heteroatoms. The van der Waals surface area contributed by atoms with Crippen LogP contribution >= 0.6 is 11.8 Å². The van der Waals surface area contributed by atoms with Crippen molar-refractivity contribution in [2.24, 2.45) is 0 Å². The summed E-state index contributed by atoms with van der Waals surface area (Å²) in [5.74, 6) is 1.04. The highest BCUT2D eigenvalue weighted by Gasteiger charge is 2.31. The Balaban J connectivity index is 1.84. The van der Waals surface area contributed by atoms with E-state index in [0.717, 1.165) is 11.8 Å². The van der Waals surface area contributed by atoms with Gasteiger partial charge in [0.05, 0.1) is 18.6 Å². The number of thioether (sulfide) groups is 1. The fourth-order valence-corrected chi connectivity index (χ4v) is 5.60. The molecule has 24 heavy (non-hydrogen) atoms. The van der Waals surface area contributed by atoms with Gasteiger partial charge in [-0.1, -0.05) is 0 Å². The second-order valence-corrected chi connectivity index (χ2v) is 8.58. The standard InChI is InChI=1S/C16H18FNO4S2/c1-21-14-5-4-12(17)11-16(14)24(19,20)18-7-6-15(23-10-8-18)13-3-2-9-22-13/h2-5,9,11,15H,6-8,10H2,1H3. The summed E-state index contributed by atoms with van der Waals surface area (Å²) in [5.41, 5.74) is 0. The molecule has 0 aliphatic carbocycles. The first-order valence-corrected chi connectivity index (χ1v) is 10.00. The van der Waals surface area contributed by atoms with Crippen molar-refractivity contribution in [1.29, 1.82) is 0 Å². The van der Waals surface area contributed by atoms with Crippen LogP contribution in [-0.4, -0.2) is 38.7 Å².